The number of aromatic nitrogens is 4. The molecule has 7 nitrogen and oxygen atoms in total. The number of aryl methyl sites for hydroxylation is 4. The van der Waals surface area contributed by atoms with E-state index in [4.69, 9.17) is 0 Å². The number of hydrogen-bond acceptors (Lipinski definition) is 5. The van der Waals surface area contributed by atoms with E-state index in [2.05, 4.69) is 38.4 Å². The first-order chi connectivity index (χ1) is 13.8. The first-order valence-corrected chi connectivity index (χ1v) is 11.4. The van der Waals surface area contributed by atoms with Crippen molar-refractivity contribution in [3.8, 4) is 0 Å². The van der Waals surface area contributed by atoms with Crippen molar-refractivity contribution in [2.24, 2.45) is 5.92 Å². The van der Waals surface area contributed by atoms with Gasteiger partial charge in [-0.05, 0) is 67.4 Å². The maximum atomic E-state index is 13.2. The third-order valence-corrected chi connectivity index (χ3v) is 7.87. The number of halogens is 1. The second kappa shape index (κ2) is 7.68. The molecule has 0 spiro atoms. The molecule has 0 saturated carbocycles. The van der Waals surface area contributed by atoms with Crippen LogP contribution in [0.2, 0.25) is 0 Å². The van der Waals surface area contributed by atoms with Crippen molar-refractivity contribution in [1.29, 1.82) is 0 Å². The molecule has 29 heavy (non-hydrogen) atoms. The Bertz CT molecular complexity index is 1180. The first kappa shape index (κ1) is 20.3. The van der Waals surface area contributed by atoms with E-state index in [1.807, 2.05) is 13.8 Å². The maximum absolute atomic E-state index is 13.2. The van der Waals surface area contributed by atoms with Gasteiger partial charge >= 0.3 is 0 Å². The van der Waals surface area contributed by atoms with Crippen LogP contribution >= 0.6 is 27.3 Å². The molecule has 0 saturated heterocycles. The van der Waals surface area contributed by atoms with Crippen LogP contribution in [0.3, 0.4) is 0 Å². The number of carbonyl (C=O) groups is 1. The van der Waals surface area contributed by atoms with Crippen LogP contribution in [0.5, 0.6) is 0 Å². The standard InChI is InChI=1S/C20H24BrN5O2S/c1-10-5-6-14-15(9-10)29-19-17(14)20(28)26(13(4)22-19)24-16(27)7-8-25-12(3)18(21)11(2)23-25/h10H,5-9H2,1-4H3,(H,24,27). The van der Waals surface area contributed by atoms with Gasteiger partial charge in [-0.3, -0.25) is 19.7 Å². The largest absolute Gasteiger partial charge is 0.281 e. The molecule has 3 aromatic heterocycles. The van der Waals surface area contributed by atoms with Gasteiger partial charge in [0, 0.05) is 17.0 Å². The Morgan fingerprint density at radius 3 is 2.79 bits per heavy atom. The van der Waals surface area contributed by atoms with Crippen molar-refractivity contribution in [3.05, 3.63) is 42.5 Å². The van der Waals surface area contributed by atoms with Crippen molar-refractivity contribution in [2.75, 3.05) is 5.43 Å². The van der Waals surface area contributed by atoms with Crippen molar-refractivity contribution in [2.45, 2.75) is 59.9 Å². The van der Waals surface area contributed by atoms with Gasteiger partial charge in [-0.15, -0.1) is 11.3 Å². The Morgan fingerprint density at radius 1 is 1.34 bits per heavy atom. The molecule has 0 fully saturated rings. The highest BCUT2D eigenvalue weighted by Gasteiger charge is 2.24. The predicted molar refractivity (Wildman–Crippen MR) is 118 cm³/mol. The van der Waals surface area contributed by atoms with E-state index in [1.165, 1.54) is 9.55 Å². The lowest BCUT2D eigenvalue weighted by Gasteiger charge is -2.17. The van der Waals surface area contributed by atoms with Crippen LogP contribution in [0.15, 0.2) is 9.27 Å². The van der Waals surface area contributed by atoms with Gasteiger partial charge in [0.1, 0.15) is 10.7 Å². The summed E-state index contributed by atoms with van der Waals surface area (Å²) < 4.78 is 4.05. The second-order valence-corrected chi connectivity index (χ2v) is 9.70. The molecule has 0 aromatic carbocycles. The summed E-state index contributed by atoms with van der Waals surface area (Å²) in [4.78, 5) is 32.4. The molecule has 4 rings (SSSR count). The molecule has 1 unspecified atom stereocenters. The molecule has 0 aliphatic heterocycles. The van der Waals surface area contributed by atoms with Crippen LogP contribution in [-0.4, -0.2) is 25.3 Å². The zero-order valence-corrected chi connectivity index (χ0v) is 19.4. The highest BCUT2D eigenvalue weighted by Crippen LogP contribution is 2.35. The minimum Gasteiger partial charge on any atom is -0.273 e. The average molecular weight is 478 g/mol. The smallest absolute Gasteiger partial charge is 0.273 e. The van der Waals surface area contributed by atoms with E-state index in [1.54, 1.807) is 22.9 Å². The molecule has 3 aromatic rings. The molecule has 1 aliphatic rings. The van der Waals surface area contributed by atoms with Crippen molar-refractivity contribution in [3.63, 3.8) is 0 Å². The Morgan fingerprint density at radius 2 is 2.10 bits per heavy atom. The number of nitrogens with one attached hydrogen (secondary N) is 1. The van der Waals surface area contributed by atoms with Gasteiger partial charge in [0.25, 0.3) is 5.56 Å². The minimum absolute atomic E-state index is 0.179. The van der Waals surface area contributed by atoms with Crippen LogP contribution in [-0.2, 0) is 24.2 Å². The average Bonchev–Trinajstić information content (AvgIpc) is 3.14. The summed E-state index contributed by atoms with van der Waals surface area (Å²) in [6, 6.07) is 0. The van der Waals surface area contributed by atoms with E-state index in [0.29, 0.717) is 23.7 Å². The third-order valence-electron chi connectivity index (χ3n) is 5.58. The normalized spacial score (nSPS) is 16.2. The van der Waals surface area contributed by atoms with E-state index in [0.717, 1.165) is 45.5 Å². The molecular formula is C20H24BrN5O2S. The summed E-state index contributed by atoms with van der Waals surface area (Å²) in [5, 5.41) is 5.09. The molecule has 0 bridgehead atoms. The first-order valence-electron chi connectivity index (χ1n) is 9.79. The fourth-order valence-corrected chi connectivity index (χ4v) is 5.61. The van der Waals surface area contributed by atoms with Crippen LogP contribution in [0.1, 0.15) is 47.4 Å². The number of nitrogens with zero attached hydrogens (tertiary/aromatic N) is 4. The van der Waals surface area contributed by atoms with Gasteiger partial charge in [0.15, 0.2) is 0 Å². The SMILES string of the molecule is Cc1nn(CCC(=O)Nn2c(C)nc3sc4c(c3c2=O)CCC(C)C4)c(C)c1Br. The van der Waals surface area contributed by atoms with Gasteiger partial charge in [-0.2, -0.15) is 5.10 Å². The Kier molecular flexibility index (Phi) is 5.37. The molecule has 0 radical (unpaired) electrons. The molecule has 154 valence electrons. The number of thiophene rings is 1. The minimum atomic E-state index is -0.238. The van der Waals surface area contributed by atoms with E-state index in [-0.39, 0.29) is 17.9 Å². The van der Waals surface area contributed by atoms with Crippen LogP contribution in [0.25, 0.3) is 10.2 Å². The van der Waals surface area contributed by atoms with E-state index < -0.39 is 0 Å². The zero-order chi connectivity index (χ0) is 20.9. The molecule has 1 aliphatic carbocycles. The summed E-state index contributed by atoms with van der Waals surface area (Å²) in [5.74, 6) is 0.891. The quantitative estimate of drug-likeness (QED) is 0.621. The van der Waals surface area contributed by atoms with Gasteiger partial charge in [0.05, 0.1) is 22.1 Å². The summed E-state index contributed by atoms with van der Waals surface area (Å²) >= 11 is 5.12. The second-order valence-electron chi connectivity index (χ2n) is 7.82. The van der Waals surface area contributed by atoms with Gasteiger partial charge < -0.3 is 0 Å². The van der Waals surface area contributed by atoms with Gasteiger partial charge in [-0.25, -0.2) is 9.66 Å². The van der Waals surface area contributed by atoms with Crippen molar-refractivity contribution in [1.82, 2.24) is 19.4 Å². The number of rotatable bonds is 4. The summed E-state index contributed by atoms with van der Waals surface area (Å²) in [6.45, 7) is 8.31. The fraction of sp³-hybridized carbons (Fsp3) is 0.500. The number of amides is 1. The van der Waals surface area contributed by atoms with Crippen molar-refractivity contribution >= 4 is 43.4 Å². The Labute approximate surface area is 181 Å². The maximum Gasteiger partial charge on any atom is 0.281 e. The molecule has 1 atom stereocenters. The number of carbonyl (C=O) groups excluding carboxylic acids is 1. The third kappa shape index (κ3) is 3.66. The van der Waals surface area contributed by atoms with Crippen LogP contribution in [0, 0.1) is 26.7 Å². The van der Waals surface area contributed by atoms with Gasteiger partial charge in [-0.1, -0.05) is 6.92 Å². The zero-order valence-electron chi connectivity index (χ0n) is 17.0. The lowest BCUT2D eigenvalue weighted by atomic mass is 9.89. The lowest BCUT2D eigenvalue weighted by Crippen LogP contribution is -2.36. The van der Waals surface area contributed by atoms with E-state index in [9.17, 15) is 9.59 Å². The summed E-state index contributed by atoms with van der Waals surface area (Å²) in [6.07, 6.45) is 3.20. The molecule has 1 amide bonds. The Balaban J connectivity index is 1.58. The molecule has 9 heteroatoms. The van der Waals surface area contributed by atoms with E-state index >= 15 is 0 Å². The monoisotopic (exact) mass is 477 g/mol. The molecule has 3 heterocycles. The van der Waals surface area contributed by atoms with Crippen LogP contribution in [0.4, 0.5) is 0 Å². The van der Waals surface area contributed by atoms with Gasteiger partial charge in [0.2, 0.25) is 5.91 Å². The molecule has 1 N–H and O–H groups in total. The molecular weight excluding hydrogens is 454 g/mol. The topological polar surface area (TPSA) is 81.8 Å². The number of fused-ring (bicyclic) bond motifs is 3. The highest BCUT2D eigenvalue weighted by molar-refractivity contribution is 9.10. The van der Waals surface area contributed by atoms with Crippen molar-refractivity contribution < 1.29 is 4.79 Å². The summed E-state index contributed by atoms with van der Waals surface area (Å²) in [7, 11) is 0. The Hall–Kier alpha value is -2.00. The van der Waals surface area contributed by atoms with Crippen LogP contribution < -0.4 is 11.0 Å². The predicted octanol–water partition coefficient (Wildman–Crippen LogP) is 3.63. The number of hydrogen-bond donors (Lipinski definition) is 1. The summed E-state index contributed by atoms with van der Waals surface area (Å²) in [5.41, 5.74) is 5.55. The highest BCUT2D eigenvalue weighted by atomic mass is 79.9. The fourth-order valence-electron chi connectivity index (χ4n) is 3.90. The lowest BCUT2D eigenvalue weighted by molar-refractivity contribution is -0.117.